The molecule has 0 spiro atoms. The lowest BCUT2D eigenvalue weighted by molar-refractivity contribution is 0.484. The first-order valence-corrected chi connectivity index (χ1v) is 14.3. The second kappa shape index (κ2) is 8.87. The Labute approximate surface area is 246 Å². The van der Waals surface area contributed by atoms with Crippen LogP contribution in [-0.4, -0.2) is 23.8 Å². The summed E-state index contributed by atoms with van der Waals surface area (Å²) in [6, 6.07) is 29.7. The fourth-order valence-electron chi connectivity index (χ4n) is 6.70. The van der Waals surface area contributed by atoms with E-state index in [1.807, 2.05) is 53.6 Å². The number of rotatable bonds is 3. The maximum atomic E-state index is 6.48. The Hall–Kier alpha value is -5.75. The highest BCUT2D eigenvalue weighted by Gasteiger charge is 2.15. The van der Waals surface area contributed by atoms with Gasteiger partial charge in [0, 0.05) is 52.5 Å². The average molecular weight is 556 g/mol. The summed E-state index contributed by atoms with van der Waals surface area (Å²) in [6.07, 6.45) is 9.48. The van der Waals surface area contributed by atoms with E-state index in [-0.39, 0.29) is 0 Å². The van der Waals surface area contributed by atoms with Gasteiger partial charge in [-0.05, 0) is 101 Å². The van der Waals surface area contributed by atoms with Gasteiger partial charge >= 0.3 is 0 Å². The van der Waals surface area contributed by atoms with E-state index < -0.39 is 0 Å². The standard InChI is InChI=1S/C37H25N5O/c1-22-5-3-6-23(2)34(22)24-8-11-29-27-12-9-25(20-31(27)36-39-15-17-41(36)33(29)19-24)43-26-10-13-28-30-7-4-14-38-35(30)42-18-16-40-37(42)32(28)21-26/h3-21H,1-2H3. The van der Waals surface area contributed by atoms with Gasteiger partial charge in [0.1, 0.15) is 28.4 Å². The summed E-state index contributed by atoms with van der Waals surface area (Å²) in [7, 11) is 0. The number of aryl methyl sites for hydroxylation is 2. The topological polar surface area (TPSA) is 56.7 Å². The molecule has 204 valence electrons. The summed E-state index contributed by atoms with van der Waals surface area (Å²) < 4.78 is 10.7. The second-order valence-electron chi connectivity index (χ2n) is 11.1. The van der Waals surface area contributed by atoms with E-state index in [2.05, 4.69) is 94.9 Å². The van der Waals surface area contributed by atoms with Gasteiger partial charge in [0.2, 0.25) is 0 Å². The number of hydrogen-bond donors (Lipinski definition) is 0. The molecule has 0 aliphatic carbocycles. The van der Waals surface area contributed by atoms with Crippen molar-refractivity contribution in [2.45, 2.75) is 13.8 Å². The first-order valence-electron chi connectivity index (χ1n) is 14.3. The smallest absolute Gasteiger partial charge is 0.146 e. The first-order chi connectivity index (χ1) is 21.1. The van der Waals surface area contributed by atoms with Gasteiger partial charge < -0.3 is 4.74 Å². The molecule has 9 rings (SSSR count). The molecule has 0 amide bonds. The van der Waals surface area contributed by atoms with Crippen molar-refractivity contribution in [2.75, 3.05) is 0 Å². The van der Waals surface area contributed by atoms with E-state index in [4.69, 9.17) is 9.72 Å². The maximum Gasteiger partial charge on any atom is 0.146 e. The summed E-state index contributed by atoms with van der Waals surface area (Å²) in [6.45, 7) is 4.35. The largest absolute Gasteiger partial charge is 0.457 e. The molecule has 9 aromatic rings. The molecule has 0 radical (unpaired) electrons. The van der Waals surface area contributed by atoms with Crippen molar-refractivity contribution in [3.05, 3.63) is 127 Å². The van der Waals surface area contributed by atoms with Crippen LogP contribution < -0.4 is 4.74 Å². The van der Waals surface area contributed by atoms with E-state index in [0.717, 1.165) is 60.9 Å². The summed E-state index contributed by atoms with van der Waals surface area (Å²) in [4.78, 5) is 14.0. The molecule has 6 heteroatoms. The number of nitrogens with zero attached hydrogens (tertiary/aromatic N) is 5. The first kappa shape index (κ1) is 23.9. The Morgan fingerprint density at radius 2 is 1.12 bits per heavy atom. The summed E-state index contributed by atoms with van der Waals surface area (Å²) in [5.41, 5.74) is 8.83. The van der Waals surface area contributed by atoms with Crippen LogP contribution in [0.25, 0.3) is 65.9 Å². The highest BCUT2D eigenvalue weighted by atomic mass is 16.5. The Kier molecular flexibility index (Phi) is 4.93. The fraction of sp³-hybridized carbons (Fsp3) is 0.0541. The van der Waals surface area contributed by atoms with Crippen molar-refractivity contribution in [3.8, 4) is 22.6 Å². The quantitative estimate of drug-likeness (QED) is 0.204. The second-order valence-corrected chi connectivity index (χ2v) is 11.1. The molecule has 6 nitrogen and oxygen atoms in total. The fourth-order valence-corrected chi connectivity index (χ4v) is 6.70. The molecular formula is C37H25N5O. The van der Waals surface area contributed by atoms with Crippen LogP contribution in [0.1, 0.15) is 11.1 Å². The van der Waals surface area contributed by atoms with Gasteiger partial charge in [-0.1, -0.05) is 30.3 Å². The third kappa shape index (κ3) is 3.50. The summed E-state index contributed by atoms with van der Waals surface area (Å²) >= 11 is 0. The summed E-state index contributed by atoms with van der Waals surface area (Å²) in [5, 5.41) is 6.56. The molecule has 0 saturated heterocycles. The molecule has 0 aliphatic rings. The highest BCUT2D eigenvalue weighted by molar-refractivity contribution is 6.13. The number of pyridine rings is 3. The van der Waals surface area contributed by atoms with Crippen molar-refractivity contribution >= 4 is 54.8 Å². The van der Waals surface area contributed by atoms with Gasteiger partial charge in [-0.3, -0.25) is 8.80 Å². The third-order valence-corrected chi connectivity index (χ3v) is 8.60. The predicted octanol–water partition coefficient (Wildman–Crippen LogP) is 9.07. The normalized spacial score (nSPS) is 12.0. The van der Waals surface area contributed by atoms with Crippen molar-refractivity contribution in [3.63, 3.8) is 0 Å². The van der Waals surface area contributed by atoms with Crippen LogP contribution in [0.3, 0.4) is 0 Å². The van der Waals surface area contributed by atoms with E-state index in [0.29, 0.717) is 0 Å². The minimum absolute atomic E-state index is 0.749. The van der Waals surface area contributed by atoms with Crippen LogP contribution in [0.15, 0.2) is 116 Å². The van der Waals surface area contributed by atoms with Crippen molar-refractivity contribution in [1.29, 1.82) is 0 Å². The third-order valence-electron chi connectivity index (χ3n) is 8.60. The number of imidazole rings is 2. The molecule has 0 bridgehead atoms. The van der Waals surface area contributed by atoms with E-state index in [1.165, 1.54) is 27.6 Å². The molecule has 0 aliphatic heterocycles. The van der Waals surface area contributed by atoms with Gasteiger partial charge in [0.05, 0.1) is 5.52 Å². The molecule has 4 aromatic carbocycles. The monoisotopic (exact) mass is 555 g/mol. The van der Waals surface area contributed by atoms with Crippen LogP contribution in [-0.2, 0) is 0 Å². The average Bonchev–Trinajstić information content (AvgIpc) is 3.73. The zero-order chi connectivity index (χ0) is 28.7. The minimum Gasteiger partial charge on any atom is -0.457 e. The van der Waals surface area contributed by atoms with Crippen LogP contribution in [0.5, 0.6) is 11.5 Å². The number of benzene rings is 4. The molecule has 5 aromatic heterocycles. The van der Waals surface area contributed by atoms with Crippen LogP contribution in [0.2, 0.25) is 0 Å². The zero-order valence-electron chi connectivity index (χ0n) is 23.6. The van der Waals surface area contributed by atoms with Crippen molar-refractivity contribution in [1.82, 2.24) is 23.8 Å². The Morgan fingerprint density at radius 3 is 1.86 bits per heavy atom. The highest BCUT2D eigenvalue weighted by Crippen LogP contribution is 2.37. The van der Waals surface area contributed by atoms with E-state index >= 15 is 0 Å². The Balaban J connectivity index is 1.18. The van der Waals surface area contributed by atoms with E-state index in [1.54, 1.807) is 0 Å². The lowest BCUT2D eigenvalue weighted by atomic mass is 9.94. The number of fused-ring (bicyclic) bond motifs is 12. The molecule has 0 atom stereocenters. The van der Waals surface area contributed by atoms with Crippen molar-refractivity contribution in [2.24, 2.45) is 0 Å². The van der Waals surface area contributed by atoms with Crippen LogP contribution >= 0.6 is 0 Å². The van der Waals surface area contributed by atoms with Crippen LogP contribution in [0.4, 0.5) is 0 Å². The molecular weight excluding hydrogens is 530 g/mol. The molecule has 0 saturated carbocycles. The maximum absolute atomic E-state index is 6.48. The minimum atomic E-state index is 0.749. The molecule has 43 heavy (non-hydrogen) atoms. The lowest BCUT2D eigenvalue weighted by Gasteiger charge is -2.14. The van der Waals surface area contributed by atoms with Gasteiger partial charge in [-0.25, -0.2) is 15.0 Å². The number of hydrogen-bond acceptors (Lipinski definition) is 4. The zero-order valence-corrected chi connectivity index (χ0v) is 23.6. The SMILES string of the molecule is Cc1cccc(C)c1-c1ccc2c3ccc(Oc4ccc5c6cccnc6n6ccnc6c5c4)cc3c3nccn3c2c1. The van der Waals surface area contributed by atoms with Gasteiger partial charge in [0.15, 0.2) is 0 Å². The molecule has 0 fully saturated rings. The van der Waals surface area contributed by atoms with Crippen molar-refractivity contribution < 1.29 is 4.74 Å². The number of ether oxygens (including phenoxy) is 1. The van der Waals surface area contributed by atoms with Gasteiger partial charge in [-0.15, -0.1) is 0 Å². The lowest BCUT2D eigenvalue weighted by Crippen LogP contribution is -1.94. The van der Waals surface area contributed by atoms with Gasteiger partial charge in [-0.2, -0.15) is 0 Å². The van der Waals surface area contributed by atoms with Gasteiger partial charge in [0.25, 0.3) is 0 Å². The number of aromatic nitrogens is 5. The Morgan fingerprint density at radius 1 is 0.512 bits per heavy atom. The molecule has 5 heterocycles. The predicted molar refractivity (Wildman–Crippen MR) is 173 cm³/mol. The molecule has 0 N–H and O–H groups in total. The van der Waals surface area contributed by atoms with Crippen LogP contribution in [0, 0.1) is 13.8 Å². The summed E-state index contributed by atoms with van der Waals surface area (Å²) in [5.74, 6) is 1.50. The molecule has 0 unspecified atom stereocenters. The van der Waals surface area contributed by atoms with E-state index in [9.17, 15) is 0 Å². The Bertz CT molecular complexity index is 2560.